The minimum Gasteiger partial charge on any atom is -0.370 e. The fourth-order valence-electron chi connectivity index (χ4n) is 1.85. The van der Waals surface area contributed by atoms with Crippen molar-refractivity contribution in [3.8, 4) is 0 Å². The third kappa shape index (κ3) is 3.75. The van der Waals surface area contributed by atoms with Gasteiger partial charge in [0.15, 0.2) is 11.6 Å². The summed E-state index contributed by atoms with van der Waals surface area (Å²) in [6.45, 7) is 4.38. The highest BCUT2D eigenvalue weighted by Crippen LogP contribution is 2.16. The summed E-state index contributed by atoms with van der Waals surface area (Å²) in [4.78, 5) is 16.4. The van der Waals surface area contributed by atoms with Gasteiger partial charge in [-0.3, -0.25) is 4.79 Å². The van der Waals surface area contributed by atoms with Crippen LogP contribution in [0.15, 0.2) is 30.3 Å². The van der Waals surface area contributed by atoms with Crippen LogP contribution in [0.25, 0.3) is 0 Å². The number of amides is 1. The molecule has 0 unspecified atom stereocenters. The number of carbonyl (C=O) groups is 1. The van der Waals surface area contributed by atoms with Crippen molar-refractivity contribution >= 4 is 17.4 Å². The van der Waals surface area contributed by atoms with Gasteiger partial charge >= 0.3 is 0 Å². The van der Waals surface area contributed by atoms with Crippen molar-refractivity contribution in [2.75, 3.05) is 17.2 Å². The lowest BCUT2D eigenvalue weighted by Crippen LogP contribution is -2.13. The van der Waals surface area contributed by atoms with Crippen molar-refractivity contribution in [2.24, 2.45) is 0 Å². The van der Waals surface area contributed by atoms with Crippen LogP contribution < -0.4 is 10.6 Å². The molecule has 0 bridgehead atoms. The van der Waals surface area contributed by atoms with E-state index >= 15 is 0 Å². The number of anilines is 2. The summed E-state index contributed by atoms with van der Waals surface area (Å²) in [5.41, 5.74) is 1.27. The zero-order valence-corrected chi connectivity index (χ0v) is 11.7. The Kier molecular flexibility index (Phi) is 4.47. The van der Waals surface area contributed by atoms with Crippen LogP contribution in [0.5, 0.6) is 0 Å². The van der Waals surface area contributed by atoms with Gasteiger partial charge in [0.05, 0.1) is 0 Å². The first kappa shape index (κ1) is 14.9. The third-order valence-corrected chi connectivity index (χ3v) is 2.75. The highest BCUT2D eigenvalue weighted by Gasteiger charge is 2.10. The number of pyridine rings is 1. The molecular formula is C15H15F2N3O. The van der Waals surface area contributed by atoms with Gasteiger partial charge in [-0.15, -0.1) is 0 Å². The average molecular weight is 291 g/mol. The van der Waals surface area contributed by atoms with Crippen LogP contribution >= 0.6 is 0 Å². The van der Waals surface area contributed by atoms with Crippen molar-refractivity contribution in [3.63, 3.8) is 0 Å². The highest BCUT2D eigenvalue weighted by molar-refractivity contribution is 6.04. The molecule has 0 fully saturated rings. The van der Waals surface area contributed by atoms with Gasteiger partial charge < -0.3 is 10.6 Å². The van der Waals surface area contributed by atoms with Crippen LogP contribution in [-0.2, 0) is 0 Å². The van der Waals surface area contributed by atoms with E-state index in [2.05, 4.69) is 15.6 Å². The lowest BCUT2D eigenvalue weighted by Gasteiger charge is -2.09. The predicted molar refractivity (Wildman–Crippen MR) is 77.4 cm³/mol. The predicted octanol–water partition coefficient (Wildman–Crippen LogP) is 3.35. The summed E-state index contributed by atoms with van der Waals surface area (Å²) < 4.78 is 26.0. The van der Waals surface area contributed by atoms with E-state index < -0.39 is 17.5 Å². The maximum absolute atomic E-state index is 13.1. The number of carbonyl (C=O) groups excluding carboxylic acids is 1. The number of nitrogens with one attached hydrogen (secondary N) is 2. The second-order valence-corrected chi connectivity index (χ2v) is 4.50. The van der Waals surface area contributed by atoms with Gasteiger partial charge in [-0.05, 0) is 38.1 Å². The van der Waals surface area contributed by atoms with Gasteiger partial charge in [-0.25, -0.2) is 13.8 Å². The van der Waals surface area contributed by atoms with Crippen molar-refractivity contribution in [2.45, 2.75) is 13.8 Å². The molecule has 0 saturated carbocycles. The Balaban J connectivity index is 2.21. The first-order valence-corrected chi connectivity index (χ1v) is 6.48. The van der Waals surface area contributed by atoms with Crippen molar-refractivity contribution in [3.05, 3.63) is 53.2 Å². The SMILES string of the molecule is CCNc1cc(C(=O)Nc2ccc(F)c(F)c2)cc(C)n1. The molecule has 2 aromatic rings. The number of halogens is 2. The van der Waals surface area contributed by atoms with Crippen LogP contribution in [0.3, 0.4) is 0 Å². The van der Waals surface area contributed by atoms with E-state index in [1.807, 2.05) is 6.92 Å². The van der Waals surface area contributed by atoms with Gasteiger partial charge in [0.1, 0.15) is 5.82 Å². The molecule has 0 aliphatic rings. The molecule has 1 amide bonds. The molecule has 1 aromatic carbocycles. The largest absolute Gasteiger partial charge is 0.370 e. The first-order valence-electron chi connectivity index (χ1n) is 6.48. The van der Waals surface area contributed by atoms with Crippen LogP contribution in [0.1, 0.15) is 23.0 Å². The second kappa shape index (κ2) is 6.30. The number of hydrogen-bond donors (Lipinski definition) is 2. The molecule has 21 heavy (non-hydrogen) atoms. The van der Waals surface area contributed by atoms with E-state index in [1.165, 1.54) is 6.07 Å². The lowest BCUT2D eigenvalue weighted by molar-refractivity contribution is 0.102. The minimum absolute atomic E-state index is 0.193. The van der Waals surface area contributed by atoms with E-state index in [0.717, 1.165) is 12.1 Å². The fraction of sp³-hybridized carbons (Fsp3) is 0.200. The molecule has 2 N–H and O–H groups in total. The van der Waals surface area contributed by atoms with E-state index in [9.17, 15) is 13.6 Å². The molecular weight excluding hydrogens is 276 g/mol. The van der Waals surface area contributed by atoms with Crippen molar-refractivity contribution in [1.82, 2.24) is 4.98 Å². The molecule has 4 nitrogen and oxygen atoms in total. The van der Waals surface area contributed by atoms with E-state index in [0.29, 0.717) is 23.6 Å². The molecule has 0 spiro atoms. The first-order chi connectivity index (χ1) is 9.99. The molecule has 110 valence electrons. The second-order valence-electron chi connectivity index (χ2n) is 4.50. The molecule has 0 saturated heterocycles. The Bertz CT molecular complexity index is 674. The molecule has 0 atom stereocenters. The minimum atomic E-state index is -1.01. The smallest absolute Gasteiger partial charge is 0.255 e. The number of benzene rings is 1. The van der Waals surface area contributed by atoms with Crippen LogP contribution in [0.4, 0.5) is 20.3 Å². The Hall–Kier alpha value is -2.50. The standard InChI is InChI=1S/C15H15F2N3O/c1-3-18-14-7-10(6-9(2)19-14)15(21)20-11-4-5-12(16)13(17)8-11/h4-8H,3H2,1-2H3,(H,18,19)(H,20,21). The Morgan fingerprint density at radius 2 is 1.95 bits per heavy atom. The van der Waals surface area contributed by atoms with E-state index in [4.69, 9.17) is 0 Å². The van der Waals surface area contributed by atoms with Gasteiger partial charge in [0.25, 0.3) is 5.91 Å². The lowest BCUT2D eigenvalue weighted by atomic mass is 10.2. The summed E-state index contributed by atoms with van der Waals surface area (Å²) in [7, 11) is 0. The van der Waals surface area contributed by atoms with E-state index in [1.54, 1.807) is 19.1 Å². The molecule has 6 heteroatoms. The average Bonchev–Trinajstić information content (AvgIpc) is 2.42. The van der Waals surface area contributed by atoms with Crippen LogP contribution in [0, 0.1) is 18.6 Å². The van der Waals surface area contributed by atoms with Gasteiger partial charge in [-0.1, -0.05) is 0 Å². The monoisotopic (exact) mass is 291 g/mol. The summed E-state index contributed by atoms with van der Waals surface area (Å²) in [5.74, 6) is -1.78. The quantitative estimate of drug-likeness (QED) is 0.908. The Labute approximate surface area is 121 Å². The van der Waals surface area contributed by atoms with Gasteiger partial charge in [-0.2, -0.15) is 0 Å². The summed E-state index contributed by atoms with van der Waals surface area (Å²) in [6, 6.07) is 6.43. The molecule has 0 radical (unpaired) electrons. The van der Waals surface area contributed by atoms with Crippen molar-refractivity contribution < 1.29 is 13.6 Å². The number of nitrogens with zero attached hydrogens (tertiary/aromatic N) is 1. The number of rotatable bonds is 4. The zero-order valence-electron chi connectivity index (χ0n) is 11.7. The van der Waals surface area contributed by atoms with E-state index in [-0.39, 0.29) is 5.69 Å². The molecule has 2 rings (SSSR count). The van der Waals surface area contributed by atoms with Crippen LogP contribution in [0.2, 0.25) is 0 Å². The molecule has 1 heterocycles. The highest BCUT2D eigenvalue weighted by atomic mass is 19.2. The maximum atomic E-state index is 13.1. The molecule has 0 aliphatic carbocycles. The Morgan fingerprint density at radius 1 is 1.19 bits per heavy atom. The molecule has 0 aliphatic heterocycles. The molecule has 1 aromatic heterocycles. The topological polar surface area (TPSA) is 54.0 Å². The summed E-state index contributed by atoms with van der Waals surface area (Å²) in [6.07, 6.45) is 0. The Morgan fingerprint density at radius 3 is 2.62 bits per heavy atom. The third-order valence-electron chi connectivity index (χ3n) is 2.75. The number of aromatic nitrogens is 1. The van der Waals surface area contributed by atoms with Crippen LogP contribution in [-0.4, -0.2) is 17.4 Å². The van der Waals surface area contributed by atoms with Gasteiger partial charge in [0, 0.05) is 29.6 Å². The number of aryl methyl sites for hydroxylation is 1. The summed E-state index contributed by atoms with van der Waals surface area (Å²) in [5, 5.41) is 5.55. The zero-order chi connectivity index (χ0) is 15.4. The normalized spacial score (nSPS) is 10.3. The van der Waals surface area contributed by atoms with Crippen molar-refractivity contribution in [1.29, 1.82) is 0 Å². The maximum Gasteiger partial charge on any atom is 0.255 e. The van der Waals surface area contributed by atoms with Gasteiger partial charge in [0.2, 0.25) is 0 Å². The summed E-state index contributed by atoms with van der Waals surface area (Å²) >= 11 is 0. The fourth-order valence-corrected chi connectivity index (χ4v) is 1.85. The number of hydrogen-bond acceptors (Lipinski definition) is 3.